The minimum Gasteiger partial charge on any atom is -0.489 e. The first-order valence-electron chi connectivity index (χ1n) is 9.35. The summed E-state index contributed by atoms with van der Waals surface area (Å²) in [6.07, 6.45) is 2.02. The van der Waals surface area contributed by atoms with Gasteiger partial charge in [0.25, 0.3) is 11.8 Å². The second kappa shape index (κ2) is 8.08. The summed E-state index contributed by atoms with van der Waals surface area (Å²) in [6.45, 7) is 4.00. The molecule has 2 amide bonds. The number of ether oxygens (including phenoxy) is 1. The van der Waals surface area contributed by atoms with E-state index in [-0.39, 0.29) is 17.9 Å². The first kappa shape index (κ1) is 19.2. The maximum atomic E-state index is 12.7. The highest BCUT2D eigenvalue weighted by molar-refractivity contribution is 7.14. The van der Waals surface area contributed by atoms with E-state index >= 15 is 0 Å². The van der Waals surface area contributed by atoms with Gasteiger partial charge in [-0.25, -0.2) is 0 Å². The van der Waals surface area contributed by atoms with E-state index < -0.39 is 0 Å². The second-order valence-corrected chi connectivity index (χ2v) is 7.90. The smallest absolute Gasteiger partial charge is 0.256 e. The summed E-state index contributed by atoms with van der Waals surface area (Å²) >= 11 is 1.32. The number of rotatable bonds is 7. The molecule has 1 fully saturated rings. The Morgan fingerprint density at radius 3 is 2.79 bits per heavy atom. The molecule has 0 unspecified atom stereocenters. The van der Waals surface area contributed by atoms with E-state index in [1.54, 1.807) is 35.7 Å². The maximum Gasteiger partial charge on any atom is 0.256 e. The molecule has 0 saturated heterocycles. The quantitative estimate of drug-likeness (QED) is 0.611. The van der Waals surface area contributed by atoms with Crippen molar-refractivity contribution in [1.29, 1.82) is 0 Å². The van der Waals surface area contributed by atoms with Gasteiger partial charge in [0.2, 0.25) is 0 Å². The number of benzene rings is 1. The van der Waals surface area contributed by atoms with Crippen LogP contribution in [0, 0.1) is 13.8 Å². The fraction of sp³-hybridized carbons (Fsp3) is 0.286. The SMILES string of the molecule is Cc1noc(C)c1COc1cccc(C(=O)Nc2sccc2C(=O)NC2CC2)c1. The number of aryl methyl sites for hydroxylation is 2. The molecule has 0 spiro atoms. The highest BCUT2D eigenvalue weighted by Gasteiger charge is 2.25. The molecule has 150 valence electrons. The van der Waals surface area contributed by atoms with Gasteiger partial charge >= 0.3 is 0 Å². The topological polar surface area (TPSA) is 93.5 Å². The zero-order valence-electron chi connectivity index (χ0n) is 16.2. The van der Waals surface area contributed by atoms with Crippen LogP contribution in [0.4, 0.5) is 5.00 Å². The normalized spacial score (nSPS) is 13.2. The fourth-order valence-corrected chi connectivity index (χ4v) is 3.62. The molecule has 2 N–H and O–H groups in total. The van der Waals surface area contributed by atoms with Crippen LogP contribution in [0.2, 0.25) is 0 Å². The molecule has 1 saturated carbocycles. The predicted octanol–water partition coefficient (Wildman–Crippen LogP) is 4.08. The lowest BCUT2D eigenvalue weighted by Gasteiger charge is -2.09. The van der Waals surface area contributed by atoms with Crippen LogP contribution in [-0.2, 0) is 6.61 Å². The van der Waals surface area contributed by atoms with Crippen molar-refractivity contribution in [2.75, 3.05) is 5.32 Å². The number of nitrogens with zero attached hydrogens (tertiary/aromatic N) is 1. The monoisotopic (exact) mass is 411 g/mol. The van der Waals surface area contributed by atoms with Crippen molar-refractivity contribution >= 4 is 28.2 Å². The van der Waals surface area contributed by atoms with Crippen molar-refractivity contribution < 1.29 is 18.8 Å². The number of aromatic nitrogens is 1. The average molecular weight is 411 g/mol. The Morgan fingerprint density at radius 1 is 1.24 bits per heavy atom. The van der Waals surface area contributed by atoms with Gasteiger partial charge in [-0.3, -0.25) is 9.59 Å². The molecular formula is C21H21N3O4S. The lowest BCUT2D eigenvalue weighted by molar-refractivity contribution is 0.0952. The largest absolute Gasteiger partial charge is 0.489 e. The lowest BCUT2D eigenvalue weighted by atomic mass is 10.2. The first-order chi connectivity index (χ1) is 14.0. The summed E-state index contributed by atoms with van der Waals surface area (Å²) in [4.78, 5) is 25.0. The molecule has 1 aliphatic rings. The number of thiophene rings is 1. The summed E-state index contributed by atoms with van der Waals surface area (Å²) in [7, 11) is 0. The molecule has 0 atom stereocenters. The Kier molecular flexibility index (Phi) is 5.35. The third-order valence-corrected chi connectivity index (χ3v) is 5.54. The summed E-state index contributed by atoms with van der Waals surface area (Å²) in [6, 6.07) is 8.90. The highest BCUT2D eigenvalue weighted by Crippen LogP contribution is 2.27. The van der Waals surface area contributed by atoms with Crippen molar-refractivity contribution in [1.82, 2.24) is 10.5 Å². The number of carbonyl (C=O) groups excluding carboxylic acids is 2. The zero-order chi connectivity index (χ0) is 20.4. The number of anilines is 1. The molecule has 2 heterocycles. The summed E-state index contributed by atoms with van der Waals surface area (Å²) < 4.78 is 10.9. The van der Waals surface area contributed by atoms with Crippen LogP contribution in [0.3, 0.4) is 0 Å². The molecular weight excluding hydrogens is 390 g/mol. The van der Waals surface area contributed by atoms with E-state index in [0.29, 0.717) is 34.2 Å². The number of hydrogen-bond donors (Lipinski definition) is 2. The van der Waals surface area contributed by atoms with Gasteiger partial charge < -0.3 is 19.9 Å². The third-order valence-electron chi connectivity index (χ3n) is 4.71. The van der Waals surface area contributed by atoms with E-state index in [0.717, 1.165) is 24.1 Å². The van der Waals surface area contributed by atoms with E-state index in [1.807, 2.05) is 13.8 Å². The van der Waals surface area contributed by atoms with Gasteiger partial charge in [-0.05, 0) is 56.3 Å². The minimum atomic E-state index is -0.296. The van der Waals surface area contributed by atoms with Gasteiger partial charge in [0.15, 0.2) is 0 Å². The van der Waals surface area contributed by atoms with Crippen LogP contribution in [0.1, 0.15) is 50.6 Å². The van der Waals surface area contributed by atoms with E-state index in [1.165, 1.54) is 11.3 Å². The van der Waals surface area contributed by atoms with Gasteiger partial charge in [-0.15, -0.1) is 11.3 Å². The molecule has 1 aliphatic carbocycles. The van der Waals surface area contributed by atoms with Gasteiger partial charge in [-0.1, -0.05) is 11.2 Å². The third kappa shape index (κ3) is 4.48. The van der Waals surface area contributed by atoms with Gasteiger partial charge in [0.05, 0.1) is 16.8 Å². The number of amides is 2. The Labute approximate surface area is 172 Å². The summed E-state index contributed by atoms with van der Waals surface area (Å²) in [5.74, 6) is 0.831. The van der Waals surface area contributed by atoms with Gasteiger partial charge in [0.1, 0.15) is 23.1 Å². The van der Waals surface area contributed by atoms with Gasteiger partial charge in [0, 0.05) is 11.6 Å². The van der Waals surface area contributed by atoms with Crippen molar-refractivity contribution in [3.63, 3.8) is 0 Å². The Hall–Kier alpha value is -3.13. The Bertz CT molecular complexity index is 1030. The fourth-order valence-electron chi connectivity index (χ4n) is 2.84. The first-order valence-corrected chi connectivity index (χ1v) is 10.2. The van der Waals surface area contributed by atoms with Crippen LogP contribution in [0.25, 0.3) is 0 Å². The van der Waals surface area contributed by atoms with Crippen molar-refractivity contribution in [3.8, 4) is 5.75 Å². The highest BCUT2D eigenvalue weighted by atomic mass is 32.1. The molecule has 3 aromatic rings. The standard InChI is InChI=1S/C21H21N3O4S/c1-12-18(13(2)28-24-12)11-27-16-5-3-4-14(10-16)19(25)23-21-17(8-9-29-21)20(26)22-15-6-7-15/h3-5,8-10,15H,6-7,11H2,1-2H3,(H,22,26)(H,23,25). The second-order valence-electron chi connectivity index (χ2n) is 6.98. The lowest BCUT2D eigenvalue weighted by Crippen LogP contribution is -2.26. The van der Waals surface area contributed by atoms with Crippen molar-refractivity contribution in [2.45, 2.75) is 39.3 Å². The van der Waals surface area contributed by atoms with E-state index in [4.69, 9.17) is 9.26 Å². The van der Waals surface area contributed by atoms with Crippen LogP contribution in [-0.4, -0.2) is 23.0 Å². The van der Waals surface area contributed by atoms with Crippen molar-refractivity contribution in [2.24, 2.45) is 0 Å². The van der Waals surface area contributed by atoms with Crippen LogP contribution in [0.5, 0.6) is 5.75 Å². The molecule has 4 rings (SSSR count). The molecule has 0 bridgehead atoms. The van der Waals surface area contributed by atoms with E-state index in [2.05, 4.69) is 15.8 Å². The van der Waals surface area contributed by atoms with Crippen molar-refractivity contribution in [3.05, 3.63) is 63.9 Å². The minimum absolute atomic E-state index is 0.152. The molecule has 7 nitrogen and oxygen atoms in total. The molecule has 1 aromatic carbocycles. The molecule has 29 heavy (non-hydrogen) atoms. The summed E-state index contributed by atoms with van der Waals surface area (Å²) in [5.41, 5.74) is 2.61. The Morgan fingerprint density at radius 2 is 2.07 bits per heavy atom. The Balaban J connectivity index is 1.42. The van der Waals surface area contributed by atoms with E-state index in [9.17, 15) is 9.59 Å². The molecule has 8 heteroatoms. The summed E-state index contributed by atoms with van der Waals surface area (Å²) in [5, 5.41) is 12.0. The zero-order valence-corrected chi connectivity index (χ0v) is 17.0. The molecule has 2 aromatic heterocycles. The molecule has 0 aliphatic heterocycles. The van der Waals surface area contributed by atoms with Gasteiger partial charge in [-0.2, -0.15) is 0 Å². The van der Waals surface area contributed by atoms with Crippen LogP contribution in [0.15, 0.2) is 40.2 Å². The molecule has 0 radical (unpaired) electrons. The van der Waals surface area contributed by atoms with Crippen LogP contribution < -0.4 is 15.4 Å². The van der Waals surface area contributed by atoms with Crippen LogP contribution >= 0.6 is 11.3 Å². The number of hydrogen-bond acceptors (Lipinski definition) is 6. The average Bonchev–Trinajstić information content (AvgIpc) is 3.30. The number of nitrogens with one attached hydrogen (secondary N) is 2. The maximum absolute atomic E-state index is 12.7. The predicted molar refractivity (Wildman–Crippen MR) is 110 cm³/mol. The number of carbonyl (C=O) groups is 2.